The van der Waals surface area contributed by atoms with Gasteiger partial charge in [0.05, 0.1) is 12.1 Å². The van der Waals surface area contributed by atoms with Crippen molar-refractivity contribution in [2.45, 2.75) is 32.1 Å². The Kier molecular flexibility index (Phi) is 6.77. The second-order valence-corrected chi connectivity index (χ2v) is 9.82. The van der Waals surface area contributed by atoms with Crippen molar-refractivity contribution in [3.63, 3.8) is 0 Å². The molecular weight excluding hydrogens is 442 g/mol. The molecule has 4 heterocycles. The van der Waals surface area contributed by atoms with E-state index < -0.39 is 0 Å². The van der Waals surface area contributed by atoms with Gasteiger partial charge in [-0.05, 0) is 67.5 Å². The molecule has 7 nitrogen and oxygen atoms in total. The van der Waals surface area contributed by atoms with Gasteiger partial charge in [-0.3, -0.25) is 9.59 Å². The number of H-pyrrole nitrogens is 1. The number of piperidine rings is 1. The van der Waals surface area contributed by atoms with Gasteiger partial charge in [0, 0.05) is 48.9 Å². The first-order chi connectivity index (χ1) is 17.1. The van der Waals surface area contributed by atoms with E-state index in [1.165, 1.54) is 0 Å². The zero-order valence-electron chi connectivity index (χ0n) is 20.0. The quantitative estimate of drug-likeness (QED) is 0.585. The van der Waals surface area contributed by atoms with Crippen molar-refractivity contribution in [2.24, 2.45) is 5.41 Å². The Labute approximate surface area is 205 Å². The number of nitrogens with zero attached hydrogens (tertiary/aromatic N) is 2. The van der Waals surface area contributed by atoms with Crippen LogP contribution in [0.25, 0.3) is 10.9 Å². The van der Waals surface area contributed by atoms with Crippen LogP contribution in [-0.2, 0) is 0 Å². The van der Waals surface area contributed by atoms with Gasteiger partial charge in [-0.25, -0.2) is 0 Å². The highest BCUT2D eigenvalue weighted by atomic mass is 16.5. The molecule has 0 aliphatic carbocycles. The Morgan fingerprint density at radius 3 is 2.66 bits per heavy atom. The van der Waals surface area contributed by atoms with Gasteiger partial charge in [0.1, 0.15) is 12.4 Å². The minimum absolute atomic E-state index is 0.0192. The van der Waals surface area contributed by atoms with E-state index >= 15 is 0 Å². The summed E-state index contributed by atoms with van der Waals surface area (Å²) in [5.74, 6) is 0.497. The van der Waals surface area contributed by atoms with Crippen LogP contribution in [0.15, 0.2) is 54.7 Å². The van der Waals surface area contributed by atoms with Gasteiger partial charge in [0.25, 0.3) is 11.8 Å². The molecule has 0 spiro atoms. The number of hydrogen-bond donors (Lipinski definition) is 2. The van der Waals surface area contributed by atoms with E-state index in [1.807, 2.05) is 58.5 Å². The van der Waals surface area contributed by atoms with Gasteiger partial charge >= 0.3 is 0 Å². The first-order valence-electron chi connectivity index (χ1n) is 12.6. The van der Waals surface area contributed by atoms with Crippen LogP contribution < -0.4 is 4.74 Å². The summed E-state index contributed by atoms with van der Waals surface area (Å²) in [5, 5.41) is 11.2. The number of aromatic nitrogens is 1. The molecule has 2 bridgehead atoms. The summed E-state index contributed by atoms with van der Waals surface area (Å²) in [4.78, 5) is 33.6. The summed E-state index contributed by atoms with van der Waals surface area (Å²) in [6.07, 6.45) is 6.14. The van der Waals surface area contributed by atoms with E-state index in [2.05, 4.69) is 4.98 Å². The maximum atomic E-state index is 13.5. The average Bonchev–Trinajstić information content (AvgIpc) is 3.37. The lowest BCUT2D eigenvalue weighted by molar-refractivity contribution is 0.0297. The number of carbonyl (C=O) groups is 2. The van der Waals surface area contributed by atoms with Gasteiger partial charge in [-0.15, -0.1) is 0 Å². The third-order valence-corrected chi connectivity index (χ3v) is 7.66. The number of para-hydroxylation sites is 1. The van der Waals surface area contributed by atoms with Crippen LogP contribution in [0.4, 0.5) is 0 Å². The van der Waals surface area contributed by atoms with Gasteiger partial charge in [0.2, 0.25) is 0 Å². The molecule has 7 heteroatoms. The van der Waals surface area contributed by atoms with Crippen molar-refractivity contribution in [2.75, 3.05) is 39.4 Å². The molecule has 0 atom stereocenters. The number of rotatable bonds is 2. The van der Waals surface area contributed by atoms with E-state index in [-0.39, 0.29) is 23.8 Å². The molecule has 2 amide bonds. The van der Waals surface area contributed by atoms with Crippen LogP contribution >= 0.6 is 0 Å². The maximum absolute atomic E-state index is 13.5. The monoisotopic (exact) mass is 475 g/mol. The second-order valence-electron chi connectivity index (χ2n) is 9.82. The molecule has 2 aromatic carbocycles. The Morgan fingerprint density at radius 2 is 1.83 bits per heavy atom. The highest BCUT2D eigenvalue weighted by molar-refractivity contribution is 5.98. The molecule has 0 saturated carbocycles. The van der Waals surface area contributed by atoms with Crippen LogP contribution in [0.2, 0.25) is 0 Å². The zero-order valence-corrected chi connectivity index (χ0v) is 20.0. The SMILES string of the molecule is O=C(c1ccc2[nH]ccc2c1)N1CCCCC2(CO)CCN(CC2)C(=O)c2ccccc2OCC1. The molecule has 35 heavy (non-hydrogen) atoms. The number of amides is 2. The lowest BCUT2D eigenvalue weighted by Crippen LogP contribution is -2.44. The molecule has 0 radical (unpaired) electrons. The summed E-state index contributed by atoms with van der Waals surface area (Å²) in [6, 6.07) is 15.0. The van der Waals surface area contributed by atoms with Gasteiger partial charge in [-0.1, -0.05) is 18.6 Å². The molecule has 1 saturated heterocycles. The molecule has 0 unspecified atom stereocenters. The number of benzene rings is 2. The molecule has 1 fully saturated rings. The average molecular weight is 476 g/mol. The number of carbonyl (C=O) groups excluding carboxylic acids is 2. The van der Waals surface area contributed by atoms with Crippen LogP contribution in [0, 0.1) is 5.41 Å². The summed E-state index contributed by atoms with van der Waals surface area (Å²) >= 11 is 0. The fraction of sp³-hybridized carbons (Fsp3) is 0.429. The molecule has 3 aliphatic rings. The van der Waals surface area contributed by atoms with Crippen molar-refractivity contribution >= 4 is 22.7 Å². The fourth-order valence-corrected chi connectivity index (χ4v) is 5.36. The first kappa shape index (κ1) is 23.4. The lowest BCUT2D eigenvalue weighted by Gasteiger charge is -2.41. The molecule has 6 rings (SSSR count). The lowest BCUT2D eigenvalue weighted by atomic mass is 9.75. The van der Waals surface area contributed by atoms with Gasteiger partial charge < -0.3 is 24.6 Å². The van der Waals surface area contributed by atoms with E-state index in [4.69, 9.17) is 4.74 Å². The fourth-order valence-electron chi connectivity index (χ4n) is 5.36. The minimum atomic E-state index is -0.152. The molecule has 2 N–H and O–H groups in total. The predicted molar refractivity (Wildman–Crippen MR) is 135 cm³/mol. The second kappa shape index (κ2) is 10.1. The van der Waals surface area contributed by atoms with Crippen LogP contribution in [0.5, 0.6) is 5.75 Å². The standard InChI is InChI=1S/C28H33N3O4/c32-20-28-10-3-4-14-30(26(33)22-7-8-24-21(19-22)9-13-29-24)17-18-35-25-6-2-1-5-23(25)27(34)31(15-11-28)16-12-28/h1-2,5-9,13,19,29,32H,3-4,10-12,14-18,20H2. The third-order valence-electron chi connectivity index (χ3n) is 7.66. The van der Waals surface area contributed by atoms with Gasteiger partial charge in [-0.2, -0.15) is 0 Å². The summed E-state index contributed by atoms with van der Waals surface area (Å²) in [5.41, 5.74) is 2.06. The van der Waals surface area contributed by atoms with Crippen molar-refractivity contribution < 1.29 is 19.4 Å². The highest BCUT2D eigenvalue weighted by Gasteiger charge is 2.36. The predicted octanol–water partition coefficient (Wildman–Crippen LogP) is 4.09. The number of ether oxygens (including phenoxy) is 1. The Balaban J connectivity index is 1.39. The summed E-state index contributed by atoms with van der Waals surface area (Å²) < 4.78 is 6.07. The molecule has 1 aromatic heterocycles. The largest absolute Gasteiger partial charge is 0.491 e. The van der Waals surface area contributed by atoms with Crippen molar-refractivity contribution in [1.29, 1.82) is 0 Å². The minimum Gasteiger partial charge on any atom is -0.491 e. The molecule has 3 aliphatic heterocycles. The Bertz CT molecular complexity index is 1200. The number of hydrogen-bond acceptors (Lipinski definition) is 4. The summed E-state index contributed by atoms with van der Waals surface area (Å²) in [6.45, 7) is 2.78. The van der Waals surface area contributed by atoms with E-state index in [0.717, 1.165) is 43.0 Å². The molecule has 184 valence electrons. The molecular formula is C28H33N3O4. The number of aliphatic hydroxyl groups is 1. The topological polar surface area (TPSA) is 85.9 Å². The van der Waals surface area contributed by atoms with Crippen LogP contribution in [-0.4, -0.2) is 71.1 Å². The number of fused-ring (bicyclic) bond motifs is 10. The van der Waals surface area contributed by atoms with Crippen molar-refractivity contribution in [3.05, 3.63) is 65.9 Å². The zero-order chi connectivity index (χ0) is 24.3. The van der Waals surface area contributed by atoms with Crippen molar-refractivity contribution in [1.82, 2.24) is 14.8 Å². The Morgan fingerprint density at radius 1 is 1.00 bits per heavy atom. The number of nitrogens with one attached hydrogen (secondary N) is 1. The Hall–Kier alpha value is -3.32. The summed E-state index contributed by atoms with van der Waals surface area (Å²) in [7, 11) is 0. The van der Waals surface area contributed by atoms with Crippen LogP contribution in [0.3, 0.4) is 0 Å². The van der Waals surface area contributed by atoms with E-state index in [0.29, 0.717) is 49.7 Å². The number of aliphatic hydroxyl groups excluding tert-OH is 1. The number of aromatic amines is 1. The third kappa shape index (κ3) is 4.91. The van der Waals surface area contributed by atoms with Crippen LogP contribution in [0.1, 0.15) is 52.8 Å². The van der Waals surface area contributed by atoms with Gasteiger partial charge in [0.15, 0.2) is 0 Å². The highest BCUT2D eigenvalue weighted by Crippen LogP contribution is 2.37. The van der Waals surface area contributed by atoms with Crippen molar-refractivity contribution in [3.8, 4) is 5.75 Å². The molecule has 3 aromatic rings. The van der Waals surface area contributed by atoms with E-state index in [1.54, 1.807) is 6.07 Å². The first-order valence-corrected chi connectivity index (χ1v) is 12.6. The normalized spacial score (nSPS) is 19.1. The smallest absolute Gasteiger partial charge is 0.257 e. The van der Waals surface area contributed by atoms with E-state index in [9.17, 15) is 14.7 Å². The maximum Gasteiger partial charge on any atom is 0.257 e.